The van der Waals surface area contributed by atoms with E-state index in [0.29, 0.717) is 5.92 Å². The number of fused-ring (bicyclic) bond motifs is 3. The highest BCUT2D eigenvalue weighted by Gasteiger charge is 2.22. The predicted octanol–water partition coefficient (Wildman–Crippen LogP) is 6.30. The van der Waals surface area contributed by atoms with Crippen LogP contribution in [0.25, 0.3) is 0 Å². The molecular formula is C22H20OS4. The topological polar surface area (TPSA) is 9.23 Å². The Morgan fingerprint density at radius 1 is 0.778 bits per heavy atom. The lowest BCUT2D eigenvalue weighted by Crippen LogP contribution is -2.00. The van der Waals surface area contributed by atoms with Gasteiger partial charge >= 0.3 is 0 Å². The maximum atomic E-state index is 6.38. The first-order valence-corrected chi connectivity index (χ1v) is 13.2. The Kier molecular flexibility index (Phi) is 5.55. The Hall–Kier alpha value is -1.40. The molecular weight excluding hydrogens is 409 g/mol. The van der Waals surface area contributed by atoms with Gasteiger partial charge in [0.15, 0.2) is 0 Å². The van der Waals surface area contributed by atoms with Crippen LogP contribution in [0, 0.1) is 0 Å². The Morgan fingerprint density at radius 3 is 2.00 bits per heavy atom. The van der Waals surface area contributed by atoms with E-state index in [1.807, 2.05) is 18.2 Å². The summed E-state index contributed by atoms with van der Waals surface area (Å²) in [6.45, 7) is 4.47. The van der Waals surface area contributed by atoms with Crippen molar-refractivity contribution in [2.24, 2.45) is 0 Å². The molecule has 138 valence electrons. The molecule has 5 heteroatoms. The number of hydrogen-bond donors (Lipinski definition) is 0. The first-order chi connectivity index (χ1) is 13.1. The zero-order valence-electron chi connectivity index (χ0n) is 15.2. The van der Waals surface area contributed by atoms with Crippen molar-refractivity contribution in [1.82, 2.24) is 0 Å². The summed E-state index contributed by atoms with van der Waals surface area (Å²) in [5.74, 6) is 2.17. The van der Waals surface area contributed by atoms with Gasteiger partial charge in [-0.1, -0.05) is 63.1 Å². The summed E-state index contributed by atoms with van der Waals surface area (Å²) < 4.78 is 6.38. The van der Waals surface area contributed by atoms with E-state index in [2.05, 4.69) is 62.4 Å². The summed E-state index contributed by atoms with van der Waals surface area (Å²) in [5, 5.41) is 0. The van der Waals surface area contributed by atoms with Crippen LogP contribution in [0.1, 0.15) is 31.7 Å². The van der Waals surface area contributed by atoms with Gasteiger partial charge in [0.25, 0.3) is 0 Å². The van der Waals surface area contributed by atoms with Crippen LogP contribution in [-0.2, 0) is 41.3 Å². The number of rotatable bonds is 2. The molecule has 3 unspecified atom stereocenters. The van der Waals surface area contributed by atoms with Gasteiger partial charge in [-0.05, 0) is 76.7 Å². The predicted molar refractivity (Wildman–Crippen MR) is 121 cm³/mol. The normalized spacial score (nSPS) is 19.3. The molecule has 3 aromatic carbocycles. The van der Waals surface area contributed by atoms with Gasteiger partial charge in [-0.15, -0.1) is 0 Å². The second-order valence-corrected chi connectivity index (χ2v) is 11.4. The molecule has 0 N–H and O–H groups in total. The van der Waals surface area contributed by atoms with Crippen LogP contribution >= 0.6 is 0 Å². The minimum absolute atomic E-state index is 0.492. The van der Waals surface area contributed by atoms with Gasteiger partial charge in [0.1, 0.15) is 11.5 Å². The summed E-state index contributed by atoms with van der Waals surface area (Å²) >= 11 is 12.0. The van der Waals surface area contributed by atoms with Gasteiger partial charge in [0.2, 0.25) is 0 Å². The zero-order chi connectivity index (χ0) is 19.0. The van der Waals surface area contributed by atoms with Crippen molar-refractivity contribution in [3.63, 3.8) is 0 Å². The molecule has 0 fully saturated rings. The second-order valence-electron chi connectivity index (χ2n) is 6.55. The van der Waals surface area contributed by atoms with Crippen LogP contribution in [0.3, 0.4) is 0 Å². The minimum atomic E-state index is -0.519. The molecule has 0 bridgehead atoms. The molecule has 0 saturated heterocycles. The van der Waals surface area contributed by atoms with E-state index < -0.39 is 18.9 Å². The largest absolute Gasteiger partial charge is 0.455 e. The molecule has 0 spiro atoms. The van der Waals surface area contributed by atoms with Crippen molar-refractivity contribution < 1.29 is 4.74 Å². The van der Waals surface area contributed by atoms with Gasteiger partial charge in [-0.3, -0.25) is 0 Å². The Bertz CT molecular complexity index is 1060. The van der Waals surface area contributed by atoms with Crippen LogP contribution in [0.5, 0.6) is 11.5 Å². The molecule has 0 saturated carbocycles. The van der Waals surface area contributed by atoms with Gasteiger partial charge in [-0.25, -0.2) is 0 Å². The van der Waals surface area contributed by atoms with Crippen LogP contribution in [-0.4, -0.2) is 0 Å². The van der Waals surface area contributed by atoms with Gasteiger partial charge in [-0.2, -0.15) is 0 Å². The first-order valence-electron chi connectivity index (χ1n) is 8.93. The van der Waals surface area contributed by atoms with Crippen molar-refractivity contribution in [3.05, 3.63) is 72.3 Å². The summed E-state index contributed by atoms with van der Waals surface area (Å²) in [6, 6.07) is 22.9. The average Bonchev–Trinajstić information content (AvgIpc) is 2.75. The number of hydrogen-bond acceptors (Lipinski definition) is 3. The maximum absolute atomic E-state index is 6.38. The SMILES string of the molecule is CCC(C)c1ccc2c(c1)S(=S)c1ccccc1S(=S)c1ccccc1O2. The summed E-state index contributed by atoms with van der Waals surface area (Å²) in [7, 11) is -1.02. The highest BCUT2D eigenvalue weighted by atomic mass is 32.8. The minimum Gasteiger partial charge on any atom is -0.455 e. The van der Waals surface area contributed by atoms with Crippen molar-refractivity contribution in [1.29, 1.82) is 0 Å². The van der Waals surface area contributed by atoms with Crippen LogP contribution in [0.4, 0.5) is 0 Å². The van der Waals surface area contributed by atoms with E-state index in [1.54, 1.807) is 0 Å². The summed E-state index contributed by atoms with van der Waals surface area (Å²) in [6.07, 6.45) is 1.10. The van der Waals surface area contributed by atoms with E-state index in [0.717, 1.165) is 37.5 Å². The summed E-state index contributed by atoms with van der Waals surface area (Å²) in [4.78, 5) is 4.42. The third kappa shape index (κ3) is 3.54. The monoisotopic (exact) mass is 428 g/mol. The van der Waals surface area contributed by atoms with Crippen molar-refractivity contribution in [2.75, 3.05) is 0 Å². The molecule has 3 aromatic rings. The maximum Gasteiger partial charge on any atom is 0.141 e. The van der Waals surface area contributed by atoms with E-state index in [-0.39, 0.29) is 0 Å². The number of ether oxygens (including phenoxy) is 1. The lowest BCUT2D eigenvalue weighted by molar-refractivity contribution is 0.459. The fourth-order valence-electron chi connectivity index (χ4n) is 3.10. The Morgan fingerprint density at radius 2 is 1.33 bits per heavy atom. The van der Waals surface area contributed by atoms with Gasteiger partial charge in [0, 0.05) is 9.79 Å². The van der Waals surface area contributed by atoms with E-state index >= 15 is 0 Å². The first kappa shape index (κ1) is 18.9. The lowest BCUT2D eigenvalue weighted by Gasteiger charge is -2.16. The van der Waals surface area contributed by atoms with E-state index in [1.165, 1.54) is 5.56 Å². The van der Waals surface area contributed by atoms with Crippen molar-refractivity contribution in [2.45, 2.75) is 45.8 Å². The standard InChI is InChI=1S/C22H20OS4/c1-3-15(2)16-12-13-18-22(14-16)27(25)21-11-7-6-10-20(21)26(24)19-9-5-4-8-17(19)23-18/h4-15H,3H2,1-2H3. The highest BCUT2D eigenvalue weighted by Crippen LogP contribution is 2.40. The fourth-order valence-corrected chi connectivity index (χ4v) is 8.00. The van der Waals surface area contributed by atoms with Crippen molar-refractivity contribution >= 4 is 41.3 Å². The lowest BCUT2D eigenvalue weighted by atomic mass is 9.99. The number of para-hydroxylation sites is 1. The Balaban J connectivity index is 2.00. The fraction of sp³-hybridized carbons (Fsp3) is 0.182. The van der Waals surface area contributed by atoms with E-state index in [9.17, 15) is 0 Å². The smallest absolute Gasteiger partial charge is 0.141 e. The zero-order valence-corrected chi connectivity index (χ0v) is 18.4. The molecule has 27 heavy (non-hydrogen) atoms. The van der Waals surface area contributed by atoms with E-state index in [4.69, 9.17) is 27.1 Å². The highest BCUT2D eigenvalue weighted by molar-refractivity contribution is 8.30. The number of benzene rings is 3. The molecule has 0 aromatic heterocycles. The average molecular weight is 429 g/mol. The summed E-state index contributed by atoms with van der Waals surface area (Å²) in [5.41, 5.74) is 1.31. The molecule has 1 aliphatic heterocycles. The molecule has 0 amide bonds. The molecule has 3 atom stereocenters. The van der Waals surface area contributed by atoms with Crippen LogP contribution in [0.15, 0.2) is 86.3 Å². The van der Waals surface area contributed by atoms with Gasteiger partial charge < -0.3 is 4.74 Å². The van der Waals surface area contributed by atoms with Crippen LogP contribution in [0.2, 0.25) is 0 Å². The van der Waals surface area contributed by atoms with Gasteiger partial charge in [0.05, 0.1) is 9.79 Å². The van der Waals surface area contributed by atoms with Crippen LogP contribution < -0.4 is 4.74 Å². The third-order valence-corrected chi connectivity index (χ3v) is 10.1. The quantitative estimate of drug-likeness (QED) is 0.371. The van der Waals surface area contributed by atoms with Crippen molar-refractivity contribution in [3.8, 4) is 11.5 Å². The molecule has 1 nitrogen and oxygen atoms in total. The third-order valence-electron chi connectivity index (χ3n) is 4.87. The molecule has 0 aliphatic carbocycles. The Labute approximate surface area is 175 Å². The second kappa shape index (κ2) is 7.92. The molecule has 4 rings (SSSR count). The molecule has 1 heterocycles. The molecule has 1 aliphatic rings. The molecule has 0 radical (unpaired) electrons.